The normalized spacial score (nSPS) is 13.8. The van der Waals surface area contributed by atoms with Crippen molar-refractivity contribution in [3.63, 3.8) is 0 Å². The molecule has 1 aliphatic rings. The predicted molar refractivity (Wildman–Crippen MR) is 131 cm³/mol. The minimum Gasteiger partial charge on any atom is -0.0623 e. The van der Waals surface area contributed by atoms with Crippen molar-refractivity contribution in [3.05, 3.63) is 121 Å². The van der Waals surface area contributed by atoms with Gasteiger partial charge in [0.1, 0.15) is 0 Å². The molecule has 30 heavy (non-hydrogen) atoms. The van der Waals surface area contributed by atoms with Crippen molar-refractivity contribution < 1.29 is 0 Å². The standard InChI is InChI=1S/C29H22Si/c1-21-16-17-22-18-19-26-25-14-8-9-15-28(25)30(29(26)27(22)20-21,23-10-4-2-5-11-23)24-12-6-3-7-13-24/h2-20H,1H3. The third-order valence-corrected chi connectivity index (χ3v) is 11.5. The molecule has 0 aromatic heterocycles. The molecule has 0 nitrogen and oxygen atoms in total. The number of hydrogen-bond donors (Lipinski definition) is 0. The zero-order chi connectivity index (χ0) is 20.1. The maximum Gasteiger partial charge on any atom is 0.181 e. The summed E-state index contributed by atoms with van der Waals surface area (Å²) in [7, 11) is -2.41. The van der Waals surface area contributed by atoms with E-state index >= 15 is 0 Å². The second-order valence-electron chi connectivity index (χ2n) is 8.24. The fourth-order valence-electron chi connectivity index (χ4n) is 5.38. The van der Waals surface area contributed by atoms with Crippen LogP contribution in [0.15, 0.2) is 115 Å². The molecule has 0 saturated heterocycles. The lowest BCUT2D eigenvalue weighted by molar-refractivity contribution is 1.51. The molecule has 5 aromatic rings. The average Bonchev–Trinajstić information content (AvgIpc) is 3.12. The Bertz CT molecular complexity index is 1350. The van der Waals surface area contributed by atoms with E-state index in [-0.39, 0.29) is 0 Å². The number of fused-ring (bicyclic) bond motifs is 5. The topological polar surface area (TPSA) is 0 Å². The molecule has 0 saturated carbocycles. The first-order valence-corrected chi connectivity index (χ1v) is 12.5. The molecule has 0 atom stereocenters. The fourth-order valence-corrected chi connectivity index (χ4v) is 10.8. The molecule has 0 bridgehead atoms. The summed E-state index contributed by atoms with van der Waals surface area (Å²) in [5.41, 5.74) is 4.12. The van der Waals surface area contributed by atoms with E-state index in [0.29, 0.717) is 0 Å². The summed E-state index contributed by atoms with van der Waals surface area (Å²) in [6, 6.07) is 43.1. The molecule has 6 rings (SSSR count). The predicted octanol–water partition coefficient (Wildman–Crippen LogP) is 4.51. The van der Waals surface area contributed by atoms with Gasteiger partial charge in [-0.15, -0.1) is 0 Å². The maximum absolute atomic E-state index is 2.41. The Labute approximate surface area is 178 Å². The third-order valence-electron chi connectivity index (χ3n) is 6.59. The van der Waals surface area contributed by atoms with Crippen LogP contribution < -0.4 is 20.7 Å². The van der Waals surface area contributed by atoms with Gasteiger partial charge in [0.25, 0.3) is 0 Å². The van der Waals surface area contributed by atoms with Crippen LogP contribution in [0.25, 0.3) is 21.9 Å². The van der Waals surface area contributed by atoms with Gasteiger partial charge in [0.15, 0.2) is 8.07 Å². The van der Waals surface area contributed by atoms with Crippen molar-refractivity contribution in [1.29, 1.82) is 0 Å². The van der Waals surface area contributed by atoms with Crippen molar-refractivity contribution in [2.45, 2.75) is 6.92 Å². The van der Waals surface area contributed by atoms with E-state index in [1.54, 1.807) is 5.19 Å². The van der Waals surface area contributed by atoms with E-state index in [1.165, 1.54) is 43.0 Å². The molecule has 1 heterocycles. The maximum atomic E-state index is 2.40. The second-order valence-corrected chi connectivity index (χ2v) is 11.9. The van der Waals surface area contributed by atoms with Gasteiger partial charge in [0, 0.05) is 0 Å². The van der Waals surface area contributed by atoms with Crippen LogP contribution >= 0.6 is 0 Å². The molecule has 142 valence electrons. The van der Waals surface area contributed by atoms with Crippen LogP contribution in [0.4, 0.5) is 0 Å². The van der Waals surface area contributed by atoms with Crippen LogP contribution in [0.3, 0.4) is 0 Å². The van der Waals surface area contributed by atoms with Crippen LogP contribution in [0.1, 0.15) is 5.56 Å². The van der Waals surface area contributed by atoms with Crippen LogP contribution in [-0.4, -0.2) is 8.07 Å². The smallest absolute Gasteiger partial charge is 0.0623 e. The van der Waals surface area contributed by atoms with Crippen molar-refractivity contribution in [2.75, 3.05) is 0 Å². The number of benzene rings is 5. The van der Waals surface area contributed by atoms with Crippen molar-refractivity contribution in [3.8, 4) is 11.1 Å². The summed E-state index contributed by atoms with van der Waals surface area (Å²) in [4.78, 5) is 0. The molecule has 0 spiro atoms. The van der Waals surface area contributed by atoms with Crippen LogP contribution in [0.2, 0.25) is 0 Å². The molecule has 0 radical (unpaired) electrons. The molecule has 5 aromatic carbocycles. The van der Waals surface area contributed by atoms with E-state index in [4.69, 9.17) is 0 Å². The van der Waals surface area contributed by atoms with Gasteiger partial charge in [-0.2, -0.15) is 0 Å². The molecule has 1 aliphatic heterocycles. The monoisotopic (exact) mass is 398 g/mol. The van der Waals surface area contributed by atoms with E-state index in [2.05, 4.69) is 122 Å². The first-order chi connectivity index (χ1) is 14.8. The summed E-state index contributed by atoms with van der Waals surface area (Å²) >= 11 is 0. The van der Waals surface area contributed by atoms with Crippen molar-refractivity contribution in [1.82, 2.24) is 0 Å². The van der Waals surface area contributed by atoms with Gasteiger partial charge >= 0.3 is 0 Å². The highest BCUT2D eigenvalue weighted by Crippen LogP contribution is 2.32. The van der Waals surface area contributed by atoms with Gasteiger partial charge in [-0.3, -0.25) is 0 Å². The molecule has 0 unspecified atom stereocenters. The molecule has 0 N–H and O–H groups in total. The summed E-state index contributed by atoms with van der Waals surface area (Å²) in [5, 5.41) is 8.69. The minimum absolute atomic E-state index is 1.32. The summed E-state index contributed by atoms with van der Waals surface area (Å²) in [5.74, 6) is 0. The first kappa shape index (κ1) is 17.4. The minimum atomic E-state index is -2.41. The highest BCUT2D eigenvalue weighted by atomic mass is 28.3. The lowest BCUT2D eigenvalue weighted by Gasteiger charge is -2.32. The molecule has 0 amide bonds. The van der Waals surface area contributed by atoms with Crippen molar-refractivity contribution >= 4 is 39.6 Å². The molecular formula is C29H22Si. The molecule has 1 heteroatoms. The Hall–Kier alpha value is -3.42. The first-order valence-electron chi connectivity index (χ1n) is 10.5. The van der Waals surface area contributed by atoms with Gasteiger partial charge in [-0.05, 0) is 49.6 Å². The highest BCUT2D eigenvalue weighted by molar-refractivity contribution is 7.23. The Morgan fingerprint density at radius 3 is 1.83 bits per heavy atom. The van der Waals surface area contributed by atoms with Crippen LogP contribution in [0.5, 0.6) is 0 Å². The lowest BCUT2D eigenvalue weighted by Crippen LogP contribution is -2.73. The van der Waals surface area contributed by atoms with E-state index in [1.807, 2.05) is 0 Å². The quantitative estimate of drug-likeness (QED) is 0.377. The summed E-state index contributed by atoms with van der Waals surface area (Å²) < 4.78 is 0. The summed E-state index contributed by atoms with van der Waals surface area (Å²) in [6.07, 6.45) is 0. The van der Waals surface area contributed by atoms with E-state index in [9.17, 15) is 0 Å². The fraction of sp³-hybridized carbons (Fsp3) is 0.0345. The van der Waals surface area contributed by atoms with Gasteiger partial charge in [0.2, 0.25) is 0 Å². The van der Waals surface area contributed by atoms with Gasteiger partial charge in [0.05, 0.1) is 0 Å². The highest BCUT2D eigenvalue weighted by Gasteiger charge is 2.49. The SMILES string of the molecule is Cc1ccc2ccc3c(c2c1)[Si](c1ccccc1)(c1ccccc1)c1ccccc1-3. The Kier molecular flexibility index (Phi) is 3.81. The van der Waals surface area contributed by atoms with Gasteiger partial charge < -0.3 is 0 Å². The zero-order valence-electron chi connectivity index (χ0n) is 17.0. The van der Waals surface area contributed by atoms with Crippen LogP contribution in [-0.2, 0) is 0 Å². The molecule has 0 aliphatic carbocycles. The van der Waals surface area contributed by atoms with Crippen LogP contribution in [0, 0.1) is 6.92 Å². The second kappa shape index (κ2) is 6.55. The van der Waals surface area contributed by atoms with Crippen molar-refractivity contribution in [2.24, 2.45) is 0 Å². The number of aryl methyl sites for hydroxylation is 1. The number of rotatable bonds is 2. The third kappa shape index (κ3) is 2.27. The van der Waals surface area contributed by atoms with E-state index in [0.717, 1.165) is 0 Å². The average molecular weight is 399 g/mol. The molecule has 0 fully saturated rings. The largest absolute Gasteiger partial charge is 0.181 e. The lowest BCUT2D eigenvalue weighted by atomic mass is 10.0. The Morgan fingerprint density at radius 2 is 1.13 bits per heavy atom. The zero-order valence-corrected chi connectivity index (χ0v) is 18.0. The Balaban J connectivity index is 1.88. The van der Waals surface area contributed by atoms with Gasteiger partial charge in [-0.25, -0.2) is 0 Å². The Morgan fingerprint density at radius 1 is 0.533 bits per heavy atom. The number of hydrogen-bond acceptors (Lipinski definition) is 0. The van der Waals surface area contributed by atoms with Gasteiger partial charge in [-0.1, -0.05) is 121 Å². The van der Waals surface area contributed by atoms with E-state index < -0.39 is 8.07 Å². The summed E-state index contributed by atoms with van der Waals surface area (Å²) in [6.45, 7) is 2.20. The molecular weight excluding hydrogens is 376 g/mol.